The Bertz CT molecular complexity index is 397. The van der Waals surface area contributed by atoms with Crippen LogP contribution in [0.1, 0.15) is 39.2 Å². The third kappa shape index (κ3) is 3.24. The van der Waals surface area contributed by atoms with Crippen molar-refractivity contribution in [3.63, 3.8) is 0 Å². The van der Waals surface area contributed by atoms with Crippen molar-refractivity contribution in [2.75, 3.05) is 19.6 Å². The summed E-state index contributed by atoms with van der Waals surface area (Å²) in [7, 11) is 0. The summed E-state index contributed by atoms with van der Waals surface area (Å²) in [6.07, 6.45) is 3.50. The fourth-order valence-corrected chi connectivity index (χ4v) is 3.48. The van der Waals surface area contributed by atoms with E-state index >= 15 is 0 Å². The molecule has 1 saturated heterocycles. The second-order valence-corrected chi connectivity index (χ2v) is 6.63. The van der Waals surface area contributed by atoms with Gasteiger partial charge in [0.25, 0.3) is 0 Å². The van der Waals surface area contributed by atoms with Crippen LogP contribution in [0.2, 0.25) is 0 Å². The number of benzene rings is 1. The molecule has 0 amide bonds. The molecule has 0 radical (unpaired) electrons. The van der Waals surface area contributed by atoms with Crippen LogP contribution in [0.3, 0.4) is 0 Å². The lowest BCUT2D eigenvalue weighted by atomic mass is 9.81. The molecule has 112 valence electrons. The lowest BCUT2D eigenvalue weighted by molar-refractivity contribution is 0.0278. The first-order valence-corrected chi connectivity index (χ1v) is 8.10. The lowest BCUT2D eigenvalue weighted by Gasteiger charge is -2.48. The average molecular weight is 274 g/mol. The number of likely N-dealkylation sites (tertiary alicyclic amines) is 1. The topological polar surface area (TPSA) is 29.3 Å². The van der Waals surface area contributed by atoms with Crippen molar-refractivity contribution in [1.82, 2.24) is 4.90 Å². The molecule has 1 aliphatic rings. The number of rotatable bonds is 5. The van der Waals surface area contributed by atoms with E-state index in [4.69, 9.17) is 5.73 Å². The Balaban J connectivity index is 2.16. The van der Waals surface area contributed by atoms with Gasteiger partial charge in [0.15, 0.2) is 0 Å². The van der Waals surface area contributed by atoms with Gasteiger partial charge >= 0.3 is 0 Å². The van der Waals surface area contributed by atoms with Crippen molar-refractivity contribution >= 4 is 0 Å². The third-order valence-electron chi connectivity index (χ3n) is 5.42. The van der Waals surface area contributed by atoms with Gasteiger partial charge in [-0.25, -0.2) is 0 Å². The largest absolute Gasteiger partial charge is 0.329 e. The number of nitrogens with two attached hydrogens (primary N) is 1. The molecule has 1 fully saturated rings. The molecule has 1 aliphatic heterocycles. The minimum atomic E-state index is 0.135. The Morgan fingerprint density at radius 3 is 2.45 bits per heavy atom. The summed E-state index contributed by atoms with van der Waals surface area (Å²) in [6, 6.07) is 10.8. The van der Waals surface area contributed by atoms with Gasteiger partial charge in [-0.2, -0.15) is 0 Å². The van der Waals surface area contributed by atoms with Crippen LogP contribution in [0, 0.1) is 11.8 Å². The first-order chi connectivity index (χ1) is 9.61. The molecule has 0 spiro atoms. The number of nitrogens with zero attached hydrogens (tertiary/aromatic N) is 1. The maximum absolute atomic E-state index is 6.24. The Kier molecular flexibility index (Phi) is 5.22. The Morgan fingerprint density at radius 2 is 1.90 bits per heavy atom. The Morgan fingerprint density at radius 1 is 1.20 bits per heavy atom. The highest BCUT2D eigenvalue weighted by molar-refractivity contribution is 5.18. The van der Waals surface area contributed by atoms with Crippen molar-refractivity contribution < 1.29 is 0 Å². The van der Waals surface area contributed by atoms with Gasteiger partial charge in [0.2, 0.25) is 0 Å². The summed E-state index contributed by atoms with van der Waals surface area (Å²) in [5.74, 6) is 1.62. The molecule has 3 unspecified atom stereocenters. The fraction of sp³-hybridized carbons (Fsp3) is 0.667. The molecule has 2 rings (SSSR count). The van der Waals surface area contributed by atoms with Crippen molar-refractivity contribution in [2.45, 2.75) is 45.6 Å². The molecule has 1 aromatic rings. The van der Waals surface area contributed by atoms with Crippen LogP contribution in [0.15, 0.2) is 30.3 Å². The normalized spacial score (nSPS) is 27.2. The van der Waals surface area contributed by atoms with E-state index in [2.05, 4.69) is 56.0 Å². The van der Waals surface area contributed by atoms with E-state index in [0.717, 1.165) is 31.2 Å². The minimum Gasteiger partial charge on any atom is -0.329 e. The minimum absolute atomic E-state index is 0.135. The highest BCUT2D eigenvalue weighted by Crippen LogP contribution is 2.31. The molecule has 2 N–H and O–H groups in total. The van der Waals surface area contributed by atoms with Crippen LogP contribution in [0.4, 0.5) is 0 Å². The van der Waals surface area contributed by atoms with E-state index < -0.39 is 0 Å². The van der Waals surface area contributed by atoms with E-state index in [9.17, 15) is 0 Å². The summed E-state index contributed by atoms with van der Waals surface area (Å²) in [6.45, 7) is 10.2. The van der Waals surface area contributed by atoms with Crippen molar-refractivity contribution in [1.29, 1.82) is 0 Å². The first kappa shape index (κ1) is 15.5. The van der Waals surface area contributed by atoms with Crippen LogP contribution in [-0.2, 0) is 6.42 Å². The fourth-order valence-electron chi connectivity index (χ4n) is 3.48. The summed E-state index contributed by atoms with van der Waals surface area (Å²) >= 11 is 0. The van der Waals surface area contributed by atoms with Crippen LogP contribution in [-0.4, -0.2) is 30.1 Å². The van der Waals surface area contributed by atoms with E-state index in [0.29, 0.717) is 0 Å². The first-order valence-electron chi connectivity index (χ1n) is 8.10. The number of hydrogen-bond donors (Lipinski definition) is 1. The molecular weight excluding hydrogens is 244 g/mol. The zero-order chi connectivity index (χ0) is 14.6. The van der Waals surface area contributed by atoms with Crippen LogP contribution >= 0.6 is 0 Å². The summed E-state index contributed by atoms with van der Waals surface area (Å²) in [4.78, 5) is 2.67. The van der Waals surface area contributed by atoms with E-state index in [1.165, 1.54) is 25.1 Å². The van der Waals surface area contributed by atoms with Gasteiger partial charge in [0, 0.05) is 18.6 Å². The van der Waals surface area contributed by atoms with E-state index in [1.54, 1.807) is 0 Å². The predicted molar refractivity (Wildman–Crippen MR) is 86.7 cm³/mol. The van der Waals surface area contributed by atoms with Crippen LogP contribution in [0.25, 0.3) is 0 Å². The van der Waals surface area contributed by atoms with E-state index in [-0.39, 0.29) is 5.54 Å². The maximum Gasteiger partial charge on any atom is 0.0369 e. The quantitative estimate of drug-likeness (QED) is 0.892. The van der Waals surface area contributed by atoms with Crippen molar-refractivity contribution in [3.05, 3.63) is 35.9 Å². The Labute approximate surface area is 124 Å². The third-order valence-corrected chi connectivity index (χ3v) is 5.42. The summed E-state index contributed by atoms with van der Waals surface area (Å²) < 4.78 is 0. The SMILES string of the molecule is CCC(CN)(Cc1ccccc1)N1CCC(C)C(C)C1. The second-order valence-electron chi connectivity index (χ2n) is 6.63. The molecule has 1 heterocycles. The van der Waals surface area contributed by atoms with Crippen LogP contribution < -0.4 is 5.73 Å². The molecule has 0 aromatic heterocycles. The Hall–Kier alpha value is -0.860. The molecule has 0 aliphatic carbocycles. The van der Waals surface area contributed by atoms with E-state index in [1.807, 2.05) is 0 Å². The number of hydrogen-bond acceptors (Lipinski definition) is 2. The molecule has 3 atom stereocenters. The molecular formula is C18H30N2. The smallest absolute Gasteiger partial charge is 0.0369 e. The summed E-state index contributed by atoms with van der Waals surface area (Å²) in [5, 5.41) is 0. The molecule has 0 saturated carbocycles. The maximum atomic E-state index is 6.24. The van der Waals surface area contributed by atoms with Gasteiger partial charge in [0.05, 0.1) is 0 Å². The average Bonchev–Trinajstić information content (AvgIpc) is 2.49. The monoisotopic (exact) mass is 274 g/mol. The standard InChI is InChI=1S/C18H30N2/c1-4-18(14-19,12-17-8-6-5-7-9-17)20-11-10-15(2)16(3)13-20/h5-9,15-16H,4,10-14,19H2,1-3H3. The lowest BCUT2D eigenvalue weighted by Crippen LogP contribution is -2.58. The molecule has 1 aromatic carbocycles. The highest BCUT2D eigenvalue weighted by atomic mass is 15.2. The van der Waals surface area contributed by atoms with Crippen molar-refractivity contribution in [2.24, 2.45) is 17.6 Å². The van der Waals surface area contributed by atoms with Crippen molar-refractivity contribution in [3.8, 4) is 0 Å². The summed E-state index contributed by atoms with van der Waals surface area (Å²) in [5.41, 5.74) is 7.78. The van der Waals surface area contributed by atoms with Gasteiger partial charge in [0.1, 0.15) is 0 Å². The highest BCUT2D eigenvalue weighted by Gasteiger charge is 2.37. The molecule has 2 heteroatoms. The molecule has 0 bridgehead atoms. The molecule has 20 heavy (non-hydrogen) atoms. The zero-order valence-corrected chi connectivity index (χ0v) is 13.3. The van der Waals surface area contributed by atoms with Gasteiger partial charge < -0.3 is 5.73 Å². The predicted octanol–water partition coefficient (Wildman–Crippen LogP) is 3.31. The van der Waals surface area contributed by atoms with Gasteiger partial charge in [-0.05, 0) is 43.2 Å². The van der Waals surface area contributed by atoms with Gasteiger partial charge in [-0.3, -0.25) is 4.90 Å². The van der Waals surface area contributed by atoms with Gasteiger partial charge in [-0.1, -0.05) is 51.1 Å². The number of piperidine rings is 1. The zero-order valence-electron chi connectivity index (χ0n) is 13.3. The molecule has 2 nitrogen and oxygen atoms in total. The second kappa shape index (κ2) is 6.73. The van der Waals surface area contributed by atoms with Gasteiger partial charge in [-0.15, -0.1) is 0 Å². The van der Waals surface area contributed by atoms with Crippen LogP contribution in [0.5, 0.6) is 0 Å².